The van der Waals surface area contributed by atoms with E-state index in [0.29, 0.717) is 19.6 Å². The second kappa shape index (κ2) is 6.76. The van der Waals surface area contributed by atoms with Crippen LogP contribution < -0.4 is 0 Å². The summed E-state index contributed by atoms with van der Waals surface area (Å²) in [5, 5.41) is 12.9. The van der Waals surface area contributed by atoms with Gasteiger partial charge in [-0.2, -0.15) is 0 Å². The van der Waals surface area contributed by atoms with Crippen LogP contribution in [0.2, 0.25) is 0 Å². The summed E-state index contributed by atoms with van der Waals surface area (Å²) in [6.45, 7) is 14.3. The minimum atomic E-state index is -0.176. The van der Waals surface area contributed by atoms with Gasteiger partial charge in [0.05, 0.1) is 0 Å². The summed E-state index contributed by atoms with van der Waals surface area (Å²) < 4.78 is 5.52. The Balaban J connectivity index is 2.07. The molecule has 1 saturated heterocycles. The van der Waals surface area contributed by atoms with Gasteiger partial charge in [0.25, 0.3) is 0 Å². The van der Waals surface area contributed by atoms with Crippen molar-refractivity contribution >= 4 is 6.08 Å². The number of hydrogen-bond donors (Lipinski definition) is 0. The van der Waals surface area contributed by atoms with Crippen molar-refractivity contribution in [3.63, 3.8) is 0 Å². The molecule has 0 amide bonds. The maximum atomic E-state index is 12.9. The third kappa shape index (κ3) is 5.17. The molecule has 0 saturated carbocycles. The Morgan fingerprint density at radius 3 is 2.17 bits per heavy atom. The molecule has 2 rings (SSSR count). The van der Waals surface area contributed by atoms with Gasteiger partial charge in [0.1, 0.15) is 31.8 Å². The monoisotopic (exact) mass is 317 g/mol. The first-order valence-electron chi connectivity index (χ1n) is 8.58. The van der Waals surface area contributed by atoms with E-state index in [1.807, 2.05) is 13.8 Å². The number of hydroxylamine groups is 3. The maximum absolute atomic E-state index is 12.9. The first-order valence-corrected chi connectivity index (χ1v) is 8.58. The number of rotatable bonds is 3. The van der Waals surface area contributed by atoms with Crippen LogP contribution in [0.15, 0.2) is 29.8 Å². The van der Waals surface area contributed by atoms with Crippen LogP contribution in [0.5, 0.6) is 0 Å². The molecule has 3 nitrogen and oxygen atoms in total. The van der Waals surface area contributed by atoms with Crippen LogP contribution in [0, 0.1) is 5.21 Å². The highest BCUT2D eigenvalue weighted by Gasteiger charge is 2.30. The zero-order chi connectivity index (χ0) is 17.3. The first kappa shape index (κ1) is 18.2. The summed E-state index contributed by atoms with van der Waals surface area (Å²) in [5.74, 6) is 0. The Kier molecular flexibility index (Phi) is 5.34. The average Bonchev–Trinajstić information content (AvgIpc) is 2.35. The van der Waals surface area contributed by atoms with Crippen LogP contribution in [0.1, 0.15) is 52.7 Å². The standard InChI is InChI=1S/C20H31NO2/c1-15(12-21(22)13-16(2)23-17(3)14-21)11-18-7-9-19(10-8-18)20(4,5)6/h7-11,16-17H,12-14H2,1-6H3. The van der Waals surface area contributed by atoms with Gasteiger partial charge in [0.2, 0.25) is 0 Å². The fourth-order valence-electron chi connectivity index (χ4n) is 3.49. The van der Waals surface area contributed by atoms with E-state index in [2.05, 4.69) is 58.0 Å². The Bertz CT molecular complexity index is 544. The van der Waals surface area contributed by atoms with E-state index in [-0.39, 0.29) is 22.3 Å². The number of quaternary nitrogens is 1. The highest BCUT2D eigenvalue weighted by Crippen LogP contribution is 2.24. The third-order valence-electron chi connectivity index (χ3n) is 4.37. The van der Waals surface area contributed by atoms with Gasteiger partial charge in [-0.05, 0) is 42.9 Å². The van der Waals surface area contributed by atoms with E-state index in [1.54, 1.807) is 0 Å². The first-order chi connectivity index (χ1) is 10.6. The molecule has 0 aliphatic carbocycles. The molecule has 0 bridgehead atoms. The van der Waals surface area contributed by atoms with Gasteiger partial charge >= 0.3 is 0 Å². The third-order valence-corrected chi connectivity index (χ3v) is 4.37. The van der Waals surface area contributed by atoms with Crippen LogP contribution in [0.3, 0.4) is 0 Å². The van der Waals surface area contributed by atoms with Crippen molar-refractivity contribution < 1.29 is 9.38 Å². The minimum absolute atomic E-state index is 0.0371. The molecule has 1 aromatic carbocycles. The maximum Gasteiger partial charge on any atom is 0.105 e. The second-order valence-corrected chi connectivity index (χ2v) is 8.20. The molecular weight excluding hydrogens is 286 g/mol. The predicted molar refractivity (Wildman–Crippen MR) is 97.0 cm³/mol. The van der Waals surface area contributed by atoms with E-state index >= 15 is 0 Å². The molecule has 1 aliphatic heterocycles. The summed E-state index contributed by atoms with van der Waals surface area (Å²) in [4.78, 5) is 0. The Morgan fingerprint density at radius 1 is 1.17 bits per heavy atom. The van der Waals surface area contributed by atoms with Gasteiger partial charge < -0.3 is 14.6 Å². The number of nitrogens with zero attached hydrogens (tertiary/aromatic N) is 1. The zero-order valence-corrected chi connectivity index (χ0v) is 15.4. The normalized spacial score (nSPS) is 29.6. The Labute approximate surface area is 141 Å². The topological polar surface area (TPSA) is 32.3 Å². The molecular formula is C20H31NO2. The van der Waals surface area contributed by atoms with Crippen molar-refractivity contribution in [2.75, 3.05) is 19.6 Å². The van der Waals surface area contributed by atoms with Crippen LogP contribution in [0.4, 0.5) is 0 Å². The van der Waals surface area contributed by atoms with Gasteiger partial charge in [0, 0.05) is 0 Å². The van der Waals surface area contributed by atoms with Crippen LogP contribution >= 0.6 is 0 Å². The summed E-state index contributed by atoms with van der Waals surface area (Å²) >= 11 is 0. The van der Waals surface area contributed by atoms with Crippen molar-refractivity contribution in [2.24, 2.45) is 0 Å². The lowest BCUT2D eigenvalue weighted by Crippen LogP contribution is -2.56. The second-order valence-electron chi connectivity index (χ2n) is 8.20. The molecule has 3 heteroatoms. The average molecular weight is 317 g/mol. The van der Waals surface area contributed by atoms with E-state index < -0.39 is 0 Å². The minimum Gasteiger partial charge on any atom is -0.632 e. The smallest absolute Gasteiger partial charge is 0.105 e. The number of ether oxygens (including phenoxy) is 1. The van der Waals surface area contributed by atoms with Gasteiger partial charge in [-0.1, -0.05) is 51.1 Å². The summed E-state index contributed by atoms with van der Waals surface area (Å²) in [5.41, 5.74) is 3.79. The van der Waals surface area contributed by atoms with Gasteiger partial charge in [-0.25, -0.2) is 0 Å². The fourth-order valence-corrected chi connectivity index (χ4v) is 3.49. The van der Waals surface area contributed by atoms with Crippen molar-refractivity contribution in [3.8, 4) is 0 Å². The highest BCUT2D eigenvalue weighted by atomic mass is 16.6. The molecule has 1 aliphatic rings. The number of benzene rings is 1. The van der Waals surface area contributed by atoms with Gasteiger partial charge in [0.15, 0.2) is 0 Å². The van der Waals surface area contributed by atoms with Crippen molar-refractivity contribution in [1.29, 1.82) is 0 Å². The molecule has 1 fully saturated rings. The van der Waals surface area contributed by atoms with Gasteiger partial charge in [-0.3, -0.25) is 0 Å². The lowest BCUT2D eigenvalue weighted by atomic mass is 9.86. The lowest BCUT2D eigenvalue weighted by molar-refractivity contribution is -0.891. The lowest BCUT2D eigenvalue weighted by Gasteiger charge is -2.49. The predicted octanol–water partition coefficient (Wildman–Crippen LogP) is 4.51. The zero-order valence-electron chi connectivity index (χ0n) is 15.4. The van der Waals surface area contributed by atoms with Crippen molar-refractivity contribution in [2.45, 2.75) is 59.2 Å². The Morgan fingerprint density at radius 2 is 1.70 bits per heavy atom. The van der Waals surface area contributed by atoms with Crippen LogP contribution in [-0.2, 0) is 10.2 Å². The number of hydrogen-bond acceptors (Lipinski definition) is 2. The fraction of sp³-hybridized carbons (Fsp3) is 0.600. The summed E-state index contributed by atoms with van der Waals surface area (Å²) in [7, 11) is 0. The molecule has 2 unspecified atom stereocenters. The molecule has 1 heterocycles. The molecule has 0 spiro atoms. The van der Waals surface area contributed by atoms with Gasteiger partial charge in [-0.15, -0.1) is 0 Å². The molecule has 1 aromatic rings. The summed E-state index contributed by atoms with van der Waals surface area (Å²) in [6, 6.07) is 8.65. The molecule has 0 radical (unpaired) electrons. The van der Waals surface area contributed by atoms with Crippen LogP contribution in [0.25, 0.3) is 6.08 Å². The van der Waals surface area contributed by atoms with Crippen molar-refractivity contribution in [1.82, 2.24) is 0 Å². The molecule has 23 heavy (non-hydrogen) atoms. The molecule has 128 valence electrons. The Hall–Kier alpha value is -1.16. The largest absolute Gasteiger partial charge is 0.632 e. The van der Waals surface area contributed by atoms with Crippen LogP contribution in [-0.4, -0.2) is 36.5 Å². The molecule has 2 atom stereocenters. The quantitative estimate of drug-likeness (QED) is 0.607. The SMILES string of the molecule is CC(=Cc1ccc(C(C)(C)C)cc1)C[N+]1([O-])CC(C)OC(C)C1. The van der Waals surface area contributed by atoms with E-state index in [1.165, 1.54) is 5.56 Å². The summed E-state index contributed by atoms with van der Waals surface area (Å²) in [6.07, 6.45) is 2.21. The van der Waals surface area contributed by atoms with E-state index in [9.17, 15) is 5.21 Å². The molecule has 0 aromatic heterocycles. The van der Waals surface area contributed by atoms with Crippen molar-refractivity contribution in [3.05, 3.63) is 46.2 Å². The number of morpholine rings is 1. The van der Waals surface area contributed by atoms with E-state index in [4.69, 9.17) is 4.74 Å². The molecule has 0 N–H and O–H groups in total. The highest BCUT2D eigenvalue weighted by molar-refractivity contribution is 5.53. The van der Waals surface area contributed by atoms with E-state index in [0.717, 1.165) is 11.1 Å².